The molecular formula is C21H23N5O3. The molecule has 1 aromatic carbocycles. The highest BCUT2D eigenvalue weighted by Gasteiger charge is 2.37. The van der Waals surface area contributed by atoms with Crippen LogP contribution in [0.25, 0.3) is 10.9 Å². The summed E-state index contributed by atoms with van der Waals surface area (Å²) in [5.74, 6) is 1.15. The van der Waals surface area contributed by atoms with Gasteiger partial charge in [-0.05, 0) is 37.5 Å². The van der Waals surface area contributed by atoms with Crippen molar-refractivity contribution in [1.82, 2.24) is 19.1 Å². The van der Waals surface area contributed by atoms with E-state index < -0.39 is 0 Å². The van der Waals surface area contributed by atoms with Gasteiger partial charge in [0.1, 0.15) is 17.8 Å². The van der Waals surface area contributed by atoms with Crippen LogP contribution in [0.4, 0.5) is 5.69 Å². The average Bonchev–Trinajstić information content (AvgIpc) is 3.37. The lowest BCUT2D eigenvalue weighted by molar-refractivity contribution is -0.121. The maximum Gasteiger partial charge on any atom is 0.261 e. The predicted octanol–water partition coefficient (Wildman–Crippen LogP) is 2.18. The molecule has 1 saturated heterocycles. The number of carbonyl (C=O) groups excluding carboxylic acids is 1. The normalized spacial score (nSPS) is 21.3. The number of aryl methyl sites for hydroxylation is 2. The first-order valence-electron chi connectivity index (χ1n) is 10.0. The van der Waals surface area contributed by atoms with Gasteiger partial charge in [0.25, 0.3) is 5.56 Å². The highest BCUT2D eigenvalue weighted by atomic mass is 16.5. The van der Waals surface area contributed by atoms with Crippen LogP contribution in [0.1, 0.15) is 37.0 Å². The van der Waals surface area contributed by atoms with E-state index in [0.29, 0.717) is 36.2 Å². The number of imidazole rings is 1. The molecule has 5 rings (SSSR count). The molecule has 2 atom stereocenters. The molecule has 0 bridgehead atoms. The molecule has 2 aliphatic rings. The standard InChI is InChI=1S/C21H23N5O3/c1-25-10-8-22-19(25)18-14(7-11-29-18)20(27)23-13-5-6-16-15(12-13)21(28)26-9-3-2-4-17(26)24-16/h5-6,8,10,12,14,18H,2-4,7,9,11H2,1H3,(H,23,27)/t14-,18-/m1/s1. The Morgan fingerprint density at radius 2 is 2.21 bits per heavy atom. The SMILES string of the molecule is Cn1ccnc1[C@@H]1OCC[C@H]1C(=O)Nc1ccc2nc3n(c(=O)c2c1)CCCC3. The van der Waals surface area contributed by atoms with Crippen molar-refractivity contribution in [2.24, 2.45) is 13.0 Å². The minimum Gasteiger partial charge on any atom is -0.369 e. The van der Waals surface area contributed by atoms with Crippen molar-refractivity contribution < 1.29 is 9.53 Å². The third-order valence-electron chi connectivity index (χ3n) is 5.87. The van der Waals surface area contributed by atoms with Gasteiger partial charge in [0, 0.05) is 44.7 Å². The van der Waals surface area contributed by atoms with Crippen LogP contribution < -0.4 is 10.9 Å². The van der Waals surface area contributed by atoms with Crippen molar-refractivity contribution in [3.63, 3.8) is 0 Å². The van der Waals surface area contributed by atoms with Gasteiger partial charge in [0.2, 0.25) is 5.91 Å². The van der Waals surface area contributed by atoms with E-state index in [1.54, 1.807) is 22.9 Å². The number of anilines is 1. The first-order valence-corrected chi connectivity index (χ1v) is 10.0. The second kappa shape index (κ2) is 7.11. The molecule has 1 N–H and O–H groups in total. The molecule has 29 heavy (non-hydrogen) atoms. The molecule has 0 spiro atoms. The largest absolute Gasteiger partial charge is 0.369 e. The third-order valence-corrected chi connectivity index (χ3v) is 5.87. The Balaban J connectivity index is 1.42. The minimum absolute atomic E-state index is 0.0316. The Hall–Kier alpha value is -3.00. The van der Waals surface area contributed by atoms with E-state index in [4.69, 9.17) is 4.74 Å². The molecule has 0 radical (unpaired) electrons. The number of aromatic nitrogens is 4. The first kappa shape index (κ1) is 18.1. The van der Waals surface area contributed by atoms with Gasteiger partial charge in [-0.25, -0.2) is 9.97 Å². The van der Waals surface area contributed by atoms with E-state index >= 15 is 0 Å². The van der Waals surface area contributed by atoms with Crippen LogP contribution in [0.3, 0.4) is 0 Å². The number of hydrogen-bond acceptors (Lipinski definition) is 5. The van der Waals surface area contributed by atoms with E-state index in [1.807, 2.05) is 23.9 Å². The molecule has 2 aliphatic heterocycles. The van der Waals surface area contributed by atoms with Gasteiger partial charge < -0.3 is 14.6 Å². The van der Waals surface area contributed by atoms with Gasteiger partial charge in [-0.1, -0.05) is 0 Å². The van der Waals surface area contributed by atoms with Crippen molar-refractivity contribution in [2.45, 2.75) is 38.3 Å². The summed E-state index contributed by atoms with van der Waals surface area (Å²) in [4.78, 5) is 34.8. The number of amides is 1. The van der Waals surface area contributed by atoms with Crippen LogP contribution in [0, 0.1) is 5.92 Å². The molecule has 0 saturated carbocycles. The van der Waals surface area contributed by atoms with Gasteiger partial charge in [0.15, 0.2) is 0 Å². The summed E-state index contributed by atoms with van der Waals surface area (Å²) in [6, 6.07) is 5.34. The lowest BCUT2D eigenvalue weighted by Crippen LogP contribution is -2.29. The number of benzene rings is 1. The van der Waals surface area contributed by atoms with Gasteiger partial charge in [-0.15, -0.1) is 0 Å². The molecular weight excluding hydrogens is 370 g/mol. The Morgan fingerprint density at radius 1 is 1.31 bits per heavy atom. The van der Waals surface area contributed by atoms with Gasteiger partial charge in [0.05, 0.1) is 16.8 Å². The van der Waals surface area contributed by atoms with Crippen LogP contribution >= 0.6 is 0 Å². The van der Waals surface area contributed by atoms with Crippen LogP contribution in [0.5, 0.6) is 0 Å². The summed E-state index contributed by atoms with van der Waals surface area (Å²) in [6.45, 7) is 1.23. The number of rotatable bonds is 3. The quantitative estimate of drug-likeness (QED) is 0.737. The highest BCUT2D eigenvalue weighted by molar-refractivity contribution is 5.95. The predicted molar refractivity (Wildman–Crippen MR) is 108 cm³/mol. The maximum absolute atomic E-state index is 13.0. The summed E-state index contributed by atoms with van der Waals surface area (Å²) in [5, 5.41) is 3.50. The third kappa shape index (κ3) is 3.13. The van der Waals surface area contributed by atoms with Crippen LogP contribution in [0.2, 0.25) is 0 Å². The van der Waals surface area contributed by atoms with Crippen LogP contribution in [-0.2, 0) is 29.5 Å². The summed E-state index contributed by atoms with van der Waals surface area (Å²) in [5.41, 5.74) is 1.25. The first-order chi connectivity index (χ1) is 14.1. The number of fused-ring (bicyclic) bond motifs is 2. The van der Waals surface area contributed by atoms with E-state index in [1.165, 1.54) is 0 Å². The Bertz CT molecular complexity index is 1150. The molecule has 150 valence electrons. The topological polar surface area (TPSA) is 91.0 Å². The van der Waals surface area contributed by atoms with Gasteiger partial charge in [-0.3, -0.25) is 14.2 Å². The van der Waals surface area contributed by atoms with E-state index in [9.17, 15) is 9.59 Å². The molecule has 0 unspecified atom stereocenters. The molecule has 8 nitrogen and oxygen atoms in total. The summed E-state index contributed by atoms with van der Waals surface area (Å²) in [6.07, 6.45) is 6.70. The minimum atomic E-state index is -0.366. The second-order valence-corrected chi connectivity index (χ2v) is 7.75. The lowest BCUT2D eigenvalue weighted by atomic mass is 9.99. The van der Waals surface area contributed by atoms with Crippen molar-refractivity contribution in [2.75, 3.05) is 11.9 Å². The molecule has 3 aromatic rings. The zero-order valence-corrected chi connectivity index (χ0v) is 16.3. The number of carbonyl (C=O) groups is 1. The zero-order chi connectivity index (χ0) is 20.0. The lowest BCUT2D eigenvalue weighted by Gasteiger charge is -2.19. The maximum atomic E-state index is 13.0. The van der Waals surface area contributed by atoms with Crippen molar-refractivity contribution in [3.8, 4) is 0 Å². The van der Waals surface area contributed by atoms with E-state index in [-0.39, 0.29) is 23.5 Å². The number of hydrogen-bond donors (Lipinski definition) is 1. The van der Waals surface area contributed by atoms with Crippen LogP contribution in [0.15, 0.2) is 35.4 Å². The van der Waals surface area contributed by atoms with Crippen molar-refractivity contribution in [3.05, 3.63) is 52.6 Å². The number of ether oxygens (including phenoxy) is 1. The highest BCUT2D eigenvalue weighted by Crippen LogP contribution is 2.34. The fourth-order valence-electron chi connectivity index (χ4n) is 4.32. The smallest absolute Gasteiger partial charge is 0.261 e. The monoisotopic (exact) mass is 393 g/mol. The molecule has 8 heteroatoms. The second-order valence-electron chi connectivity index (χ2n) is 7.75. The fourth-order valence-corrected chi connectivity index (χ4v) is 4.32. The van der Waals surface area contributed by atoms with Crippen molar-refractivity contribution in [1.29, 1.82) is 0 Å². The van der Waals surface area contributed by atoms with E-state index in [0.717, 1.165) is 30.9 Å². The van der Waals surface area contributed by atoms with Gasteiger partial charge in [-0.2, -0.15) is 0 Å². The molecule has 0 aliphatic carbocycles. The van der Waals surface area contributed by atoms with Gasteiger partial charge >= 0.3 is 0 Å². The average molecular weight is 393 g/mol. The Kier molecular flexibility index (Phi) is 4.43. The van der Waals surface area contributed by atoms with Crippen LogP contribution in [-0.4, -0.2) is 31.6 Å². The Morgan fingerprint density at radius 3 is 3.03 bits per heavy atom. The Labute approximate surface area is 167 Å². The molecule has 1 fully saturated rings. The zero-order valence-electron chi connectivity index (χ0n) is 16.3. The molecule has 1 amide bonds. The number of nitrogens with one attached hydrogen (secondary N) is 1. The summed E-state index contributed by atoms with van der Waals surface area (Å²) < 4.78 is 9.43. The number of nitrogens with zero attached hydrogens (tertiary/aromatic N) is 4. The fraction of sp³-hybridized carbons (Fsp3) is 0.429. The van der Waals surface area contributed by atoms with Crippen molar-refractivity contribution >= 4 is 22.5 Å². The molecule has 2 aromatic heterocycles. The van der Waals surface area contributed by atoms with E-state index in [2.05, 4.69) is 15.3 Å². The summed E-state index contributed by atoms with van der Waals surface area (Å²) >= 11 is 0. The summed E-state index contributed by atoms with van der Waals surface area (Å²) in [7, 11) is 1.89. The molecule has 4 heterocycles.